The van der Waals surface area contributed by atoms with E-state index in [1.54, 1.807) is 6.92 Å². The molecule has 5 nitrogen and oxygen atoms in total. The third-order valence-corrected chi connectivity index (χ3v) is 1.48. The van der Waals surface area contributed by atoms with Crippen molar-refractivity contribution in [2.75, 3.05) is 6.61 Å². The van der Waals surface area contributed by atoms with Crippen molar-refractivity contribution in [1.82, 2.24) is 0 Å². The first-order valence-electron chi connectivity index (χ1n) is 3.65. The van der Waals surface area contributed by atoms with Crippen LogP contribution in [0.4, 0.5) is 0 Å². The maximum absolute atomic E-state index is 10.9. The van der Waals surface area contributed by atoms with Crippen LogP contribution in [-0.2, 0) is 14.3 Å². The number of hydrogen-bond donors (Lipinski definition) is 2. The second kappa shape index (κ2) is 4.71. The van der Waals surface area contributed by atoms with Crippen molar-refractivity contribution in [2.24, 2.45) is 11.7 Å². The lowest BCUT2D eigenvalue weighted by Crippen LogP contribution is -2.41. The molecule has 2 atom stereocenters. The van der Waals surface area contributed by atoms with Gasteiger partial charge in [0.05, 0.1) is 12.5 Å². The highest BCUT2D eigenvalue weighted by Crippen LogP contribution is 2.03. The lowest BCUT2D eigenvalue weighted by atomic mass is 10.0. The normalized spacial score (nSPS) is 14.9. The van der Waals surface area contributed by atoms with E-state index in [0.29, 0.717) is 0 Å². The molecule has 0 aromatic carbocycles. The van der Waals surface area contributed by atoms with Gasteiger partial charge in [0.2, 0.25) is 0 Å². The fourth-order valence-electron chi connectivity index (χ4n) is 0.634. The molecule has 3 N–H and O–H groups in total. The molecule has 0 aliphatic heterocycles. The zero-order chi connectivity index (χ0) is 9.72. The van der Waals surface area contributed by atoms with Crippen LogP contribution in [0.25, 0.3) is 0 Å². The Balaban J connectivity index is 4.09. The number of carboxylic acids is 1. The molecule has 0 radical (unpaired) electrons. The van der Waals surface area contributed by atoms with Crippen LogP contribution < -0.4 is 5.73 Å². The van der Waals surface area contributed by atoms with E-state index in [1.807, 2.05) is 0 Å². The molecule has 0 fully saturated rings. The average molecular weight is 175 g/mol. The van der Waals surface area contributed by atoms with Crippen LogP contribution in [0, 0.1) is 5.92 Å². The molecule has 0 aromatic rings. The average Bonchev–Trinajstić information content (AvgIpc) is 2.02. The van der Waals surface area contributed by atoms with E-state index in [-0.39, 0.29) is 6.61 Å². The van der Waals surface area contributed by atoms with E-state index >= 15 is 0 Å². The lowest BCUT2D eigenvalue weighted by molar-refractivity contribution is -0.153. The molecule has 0 spiro atoms. The summed E-state index contributed by atoms with van der Waals surface area (Å²) in [5.41, 5.74) is 5.19. The summed E-state index contributed by atoms with van der Waals surface area (Å²) >= 11 is 0. The molecule has 0 aliphatic rings. The Kier molecular flexibility index (Phi) is 4.28. The summed E-state index contributed by atoms with van der Waals surface area (Å²) in [6, 6.07) is -1.19. The second-order valence-corrected chi connectivity index (χ2v) is 2.40. The number of carbonyl (C=O) groups excluding carboxylic acids is 1. The summed E-state index contributed by atoms with van der Waals surface area (Å²) in [5.74, 6) is -2.58. The van der Waals surface area contributed by atoms with Crippen molar-refractivity contribution in [3.63, 3.8) is 0 Å². The van der Waals surface area contributed by atoms with Gasteiger partial charge < -0.3 is 15.6 Å². The summed E-state index contributed by atoms with van der Waals surface area (Å²) in [7, 11) is 0. The van der Waals surface area contributed by atoms with Crippen LogP contribution >= 0.6 is 0 Å². The molecule has 0 saturated heterocycles. The molecule has 0 saturated carbocycles. The van der Waals surface area contributed by atoms with Crippen LogP contribution in [0.2, 0.25) is 0 Å². The Hall–Kier alpha value is -1.10. The summed E-state index contributed by atoms with van der Waals surface area (Å²) < 4.78 is 4.59. The Morgan fingerprint density at radius 3 is 2.42 bits per heavy atom. The quantitative estimate of drug-likeness (QED) is 0.567. The molecular weight excluding hydrogens is 162 g/mol. The zero-order valence-corrected chi connectivity index (χ0v) is 7.11. The van der Waals surface area contributed by atoms with Gasteiger partial charge in [-0.15, -0.1) is 0 Å². The Morgan fingerprint density at radius 1 is 1.58 bits per heavy atom. The molecule has 0 unspecified atom stereocenters. The monoisotopic (exact) mass is 175 g/mol. The summed E-state index contributed by atoms with van der Waals surface area (Å²) in [5, 5.41) is 8.44. The molecule has 12 heavy (non-hydrogen) atoms. The Labute approximate surface area is 70.5 Å². The van der Waals surface area contributed by atoms with Crippen LogP contribution in [-0.4, -0.2) is 29.7 Å². The fourth-order valence-corrected chi connectivity index (χ4v) is 0.634. The first-order valence-corrected chi connectivity index (χ1v) is 3.65. The number of rotatable bonds is 4. The van der Waals surface area contributed by atoms with Gasteiger partial charge in [-0.3, -0.25) is 9.59 Å². The van der Waals surface area contributed by atoms with Gasteiger partial charge in [0.25, 0.3) is 0 Å². The van der Waals surface area contributed by atoms with Gasteiger partial charge in [-0.05, 0) is 13.8 Å². The van der Waals surface area contributed by atoms with Crippen LogP contribution in [0.1, 0.15) is 13.8 Å². The van der Waals surface area contributed by atoms with Gasteiger partial charge in [0.1, 0.15) is 6.04 Å². The molecule has 0 aromatic heterocycles. The van der Waals surface area contributed by atoms with Crippen molar-refractivity contribution in [3.05, 3.63) is 0 Å². The largest absolute Gasteiger partial charge is 0.480 e. The van der Waals surface area contributed by atoms with Crippen molar-refractivity contribution >= 4 is 11.9 Å². The van der Waals surface area contributed by atoms with Gasteiger partial charge in [0.15, 0.2) is 0 Å². The molecule has 70 valence electrons. The summed E-state index contributed by atoms with van der Waals surface area (Å²) in [6.07, 6.45) is 0. The van der Waals surface area contributed by atoms with Crippen molar-refractivity contribution in [1.29, 1.82) is 0 Å². The maximum atomic E-state index is 10.9. The van der Waals surface area contributed by atoms with Crippen LogP contribution in [0.5, 0.6) is 0 Å². The number of carbonyl (C=O) groups is 2. The number of esters is 1. The molecule has 0 aliphatic carbocycles. The highest BCUT2D eigenvalue weighted by atomic mass is 16.5. The Bertz CT molecular complexity index is 180. The number of carboxylic acid groups (broad SMARTS) is 1. The predicted molar refractivity (Wildman–Crippen MR) is 41.4 cm³/mol. The highest BCUT2D eigenvalue weighted by Gasteiger charge is 2.27. The van der Waals surface area contributed by atoms with E-state index in [1.165, 1.54) is 6.92 Å². The highest BCUT2D eigenvalue weighted by molar-refractivity contribution is 5.83. The van der Waals surface area contributed by atoms with Gasteiger partial charge in [0, 0.05) is 0 Å². The standard InChI is InChI=1S/C7H13NO4/c1-3-12-7(11)4(2)5(8)6(9)10/h4-5H,3,8H2,1-2H3,(H,9,10)/t4-,5-/m0/s1. The minimum absolute atomic E-state index is 0.232. The van der Waals surface area contributed by atoms with E-state index in [9.17, 15) is 9.59 Å². The first kappa shape index (κ1) is 10.9. The third kappa shape index (κ3) is 2.87. The fraction of sp³-hybridized carbons (Fsp3) is 0.714. The van der Waals surface area contributed by atoms with Crippen LogP contribution in [0.15, 0.2) is 0 Å². The number of hydrogen-bond acceptors (Lipinski definition) is 4. The third-order valence-electron chi connectivity index (χ3n) is 1.48. The van der Waals surface area contributed by atoms with Crippen molar-refractivity contribution in [3.8, 4) is 0 Å². The zero-order valence-electron chi connectivity index (χ0n) is 7.11. The van der Waals surface area contributed by atoms with Crippen LogP contribution in [0.3, 0.4) is 0 Å². The van der Waals surface area contributed by atoms with E-state index < -0.39 is 23.9 Å². The molecule has 0 heterocycles. The molecule has 0 rings (SSSR count). The maximum Gasteiger partial charge on any atom is 0.321 e. The van der Waals surface area contributed by atoms with Gasteiger partial charge in [-0.1, -0.05) is 0 Å². The van der Waals surface area contributed by atoms with Crippen molar-refractivity contribution < 1.29 is 19.4 Å². The minimum atomic E-state index is -1.20. The molecule has 5 heteroatoms. The first-order chi connectivity index (χ1) is 5.50. The molecule has 0 bridgehead atoms. The number of nitrogens with two attached hydrogens (primary N) is 1. The molecular formula is C7H13NO4. The van der Waals surface area contributed by atoms with E-state index in [0.717, 1.165) is 0 Å². The SMILES string of the molecule is CCOC(=O)[C@@H](C)[C@H](N)C(=O)O. The van der Waals surface area contributed by atoms with Gasteiger partial charge in [-0.25, -0.2) is 0 Å². The lowest BCUT2D eigenvalue weighted by Gasteiger charge is -2.13. The van der Waals surface area contributed by atoms with Gasteiger partial charge in [-0.2, -0.15) is 0 Å². The number of ether oxygens (including phenoxy) is 1. The predicted octanol–water partition coefficient (Wildman–Crippen LogP) is -0.402. The topological polar surface area (TPSA) is 89.6 Å². The van der Waals surface area contributed by atoms with Crippen molar-refractivity contribution in [2.45, 2.75) is 19.9 Å². The van der Waals surface area contributed by atoms with Gasteiger partial charge >= 0.3 is 11.9 Å². The number of aliphatic carboxylic acids is 1. The second-order valence-electron chi connectivity index (χ2n) is 2.40. The minimum Gasteiger partial charge on any atom is -0.480 e. The smallest absolute Gasteiger partial charge is 0.321 e. The van der Waals surface area contributed by atoms with E-state index in [2.05, 4.69) is 4.74 Å². The Morgan fingerprint density at radius 2 is 2.08 bits per heavy atom. The summed E-state index contributed by atoms with van der Waals surface area (Å²) in [4.78, 5) is 21.2. The molecule has 0 amide bonds. The van der Waals surface area contributed by atoms with E-state index in [4.69, 9.17) is 10.8 Å². The summed E-state index contributed by atoms with van der Waals surface area (Å²) in [6.45, 7) is 3.31.